The number of aliphatic hydroxyl groups is 1. The maximum absolute atomic E-state index is 13.9. The Morgan fingerprint density at radius 1 is 1.50 bits per heavy atom. The number of aliphatic hydroxyl groups excluding tert-OH is 1. The van der Waals surface area contributed by atoms with Gasteiger partial charge in [0.25, 0.3) is 0 Å². The van der Waals surface area contributed by atoms with Gasteiger partial charge >= 0.3 is 5.97 Å². The molecule has 1 aromatic carbocycles. The topological polar surface area (TPSA) is 77.8 Å². The van der Waals surface area contributed by atoms with Gasteiger partial charge in [-0.05, 0) is 12.1 Å². The molecule has 1 atom stereocenters. The van der Waals surface area contributed by atoms with Gasteiger partial charge in [-0.3, -0.25) is 4.79 Å². The molecule has 6 heteroatoms. The van der Waals surface area contributed by atoms with Crippen molar-refractivity contribution in [2.45, 2.75) is 6.42 Å². The number of benzene rings is 1. The van der Waals surface area contributed by atoms with Crippen LogP contribution in [0.15, 0.2) is 18.2 Å². The number of hydrogen-bond acceptors (Lipinski definition) is 3. The second-order valence-corrected chi connectivity index (χ2v) is 4.20. The van der Waals surface area contributed by atoms with Gasteiger partial charge in [-0.1, -0.05) is 6.07 Å². The predicted octanol–water partition coefficient (Wildman–Crippen LogP) is 0.869. The molecule has 1 saturated heterocycles. The Kier molecular flexibility index (Phi) is 3.29. The van der Waals surface area contributed by atoms with Crippen LogP contribution in [-0.2, 0) is 4.79 Å². The fourth-order valence-electron chi connectivity index (χ4n) is 2.03. The number of carboxylic acid groups (broad SMARTS) is 1. The summed E-state index contributed by atoms with van der Waals surface area (Å²) in [5.41, 5.74) is -0.511. The van der Waals surface area contributed by atoms with Crippen LogP contribution in [0.25, 0.3) is 0 Å². The highest BCUT2D eigenvalue weighted by atomic mass is 19.1. The molecule has 1 aliphatic rings. The van der Waals surface area contributed by atoms with Gasteiger partial charge in [0.2, 0.25) is 5.91 Å². The van der Waals surface area contributed by atoms with Crippen LogP contribution in [0.3, 0.4) is 0 Å². The van der Waals surface area contributed by atoms with Gasteiger partial charge in [0, 0.05) is 25.5 Å². The van der Waals surface area contributed by atoms with E-state index in [2.05, 4.69) is 0 Å². The molecule has 1 amide bonds. The van der Waals surface area contributed by atoms with Crippen LogP contribution in [-0.4, -0.2) is 35.2 Å². The third kappa shape index (κ3) is 2.06. The third-order valence-electron chi connectivity index (χ3n) is 2.96. The summed E-state index contributed by atoms with van der Waals surface area (Å²) in [6.45, 7) is 0.0534. The van der Waals surface area contributed by atoms with Crippen molar-refractivity contribution < 1.29 is 24.2 Å². The molecule has 0 bridgehead atoms. The van der Waals surface area contributed by atoms with Gasteiger partial charge < -0.3 is 15.1 Å². The normalized spacial score (nSPS) is 19.3. The highest BCUT2D eigenvalue weighted by Gasteiger charge is 2.32. The van der Waals surface area contributed by atoms with E-state index in [1.807, 2.05) is 0 Å². The molecule has 5 nitrogen and oxygen atoms in total. The molecule has 1 fully saturated rings. The number of carbonyl (C=O) groups excluding carboxylic acids is 1. The molecule has 96 valence electrons. The summed E-state index contributed by atoms with van der Waals surface area (Å²) < 4.78 is 13.9. The van der Waals surface area contributed by atoms with Crippen molar-refractivity contribution in [2.24, 2.45) is 5.92 Å². The van der Waals surface area contributed by atoms with Crippen LogP contribution in [0.5, 0.6) is 0 Å². The van der Waals surface area contributed by atoms with Crippen molar-refractivity contribution in [3.05, 3.63) is 29.6 Å². The second-order valence-electron chi connectivity index (χ2n) is 4.20. The van der Waals surface area contributed by atoms with Gasteiger partial charge in [-0.15, -0.1) is 0 Å². The van der Waals surface area contributed by atoms with E-state index in [4.69, 9.17) is 10.2 Å². The van der Waals surface area contributed by atoms with Crippen LogP contribution in [0.1, 0.15) is 16.8 Å². The smallest absolute Gasteiger partial charge is 0.338 e. The number of halogens is 1. The van der Waals surface area contributed by atoms with E-state index in [0.29, 0.717) is 0 Å². The van der Waals surface area contributed by atoms with E-state index >= 15 is 0 Å². The summed E-state index contributed by atoms with van der Waals surface area (Å²) in [5.74, 6) is -2.84. The molecule has 18 heavy (non-hydrogen) atoms. The van der Waals surface area contributed by atoms with Crippen LogP contribution in [0.4, 0.5) is 10.1 Å². The standard InChI is InChI=1S/C12H12FNO4/c13-11-8(12(17)18)2-1-3-9(11)14-5-7(6-15)4-10(14)16/h1-3,7,15H,4-6H2,(H,17,18). The molecule has 0 radical (unpaired) electrons. The largest absolute Gasteiger partial charge is 0.478 e. The lowest BCUT2D eigenvalue weighted by molar-refractivity contribution is -0.117. The number of carbonyl (C=O) groups is 2. The first-order valence-electron chi connectivity index (χ1n) is 5.47. The molecule has 1 heterocycles. The first kappa shape index (κ1) is 12.5. The number of carboxylic acids is 1. The van der Waals surface area contributed by atoms with E-state index < -0.39 is 17.3 Å². The lowest BCUT2D eigenvalue weighted by Crippen LogP contribution is -2.26. The van der Waals surface area contributed by atoms with Gasteiger partial charge in [0.05, 0.1) is 11.3 Å². The number of hydrogen-bond donors (Lipinski definition) is 2. The Bertz CT molecular complexity index is 503. The fraction of sp³-hybridized carbons (Fsp3) is 0.333. The molecular weight excluding hydrogens is 241 g/mol. The minimum atomic E-state index is -1.38. The predicted molar refractivity (Wildman–Crippen MR) is 60.9 cm³/mol. The van der Waals surface area contributed by atoms with E-state index in [1.54, 1.807) is 0 Å². The van der Waals surface area contributed by atoms with Crippen molar-refractivity contribution >= 4 is 17.6 Å². The average Bonchev–Trinajstić information content (AvgIpc) is 2.70. The van der Waals surface area contributed by atoms with Gasteiger partial charge in [-0.2, -0.15) is 0 Å². The third-order valence-corrected chi connectivity index (χ3v) is 2.96. The fourth-order valence-corrected chi connectivity index (χ4v) is 2.03. The summed E-state index contributed by atoms with van der Waals surface area (Å²) in [6.07, 6.45) is 0.146. The van der Waals surface area contributed by atoms with E-state index in [-0.39, 0.29) is 37.1 Å². The molecule has 2 N–H and O–H groups in total. The zero-order valence-corrected chi connectivity index (χ0v) is 9.47. The van der Waals surface area contributed by atoms with Crippen LogP contribution in [0, 0.1) is 11.7 Å². The van der Waals surface area contributed by atoms with Crippen molar-refractivity contribution in [3.8, 4) is 0 Å². The minimum absolute atomic E-state index is 0.0455. The molecule has 1 unspecified atom stereocenters. The van der Waals surface area contributed by atoms with Crippen molar-refractivity contribution in [1.29, 1.82) is 0 Å². The summed E-state index contributed by atoms with van der Waals surface area (Å²) in [6, 6.07) is 3.89. The Labute approximate surface area is 102 Å². The Morgan fingerprint density at radius 2 is 2.22 bits per heavy atom. The van der Waals surface area contributed by atoms with Crippen LogP contribution in [0.2, 0.25) is 0 Å². The lowest BCUT2D eigenvalue weighted by atomic mass is 10.1. The first-order valence-corrected chi connectivity index (χ1v) is 5.47. The first-order chi connectivity index (χ1) is 8.54. The number of rotatable bonds is 3. The highest BCUT2D eigenvalue weighted by Crippen LogP contribution is 2.28. The van der Waals surface area contributed by atoms with E-state index in [1.165, 1.54) is 17.0 Å². The van der Waals surface area contributed by atoms with Crippen LogP contribution < -0.4 is 4.90 Å². The number of anilines is 1. The van der Waals surface area contributed by atoms with Crippen LogP contribution >= 0.6 is 0 Å². The maximum Gasteiger partial charge on any atom is 0.338 e. The molecule has 0 saturated carbocycles. The zero-order valence-electron chi connectivity index (χ0n) is 9.47. The summed E-state index contributed by atoms with van der Waals surface area (Å²) in [4.78, 5) is 23.7. The summed E-state index contributed by atoms with van der Waals surface area (Å²) in [7, 11) is 0. The second kappa shape index (κ2) is 4.73. The molecule has 2 rings (SSSR count). The van der Waals surface area contributed by atoms with Gasteiger partial charge in [0.15, 0.2) is 5.82 Å². The van der Waals surface area contributed by atoms with Gasteiger partial charge in [-0.25, -0.2) is 9.18 Å². The SMILES string of the molecule is O=C(O)c1cccc(N2CC(CO)CC2=O)c1F. The Balaban J connectivity index is 2.37. The number of aromatic carboxylic acids is 1. The quantitative estimate of drug-likeness (QED) is 0.837. The number of nitrogens with zero attached hydrogens (tertiary/aromatic N) is 1. The lowest BCUT2D eigenvalue weighted by Gasteiger charge is -2.17. The van der Waals surface area contributed by atoms with Crippen molar-refractivity contribution in [2.75, 3.05) is 18.1 Å². The monoisotopic (exact) mass is 253 g/mol. The molecule has 0 spiro atoms. The molecule has 1 aliphatic heterocycles. The van der Waals surface area contributed by atoms with E-state index in [0.717, 1.165) is 6.07 Å². The molecule has 0 aromatic heterocycles. The van der Waals surface area contributed by atoms with Gasteiger partial charge in [0.1, 0.15) is 0 Å². The Morgan fingerprint density at radius 3 is 2.78 bits per heavy atom. The summed E-state index contributed by atoms with van der Waals surface area (Å²) >= 11 is 0. The molecule has 1 aromatic rings. The zero-order chi connectivity index (χ0) is 13.3. The van der Waals surface area contributed by atoms with Crippen molar-refractivity contribution in [3.63, 3.8) is 0 Å². The average molecular weight is 253 g/mol. The highest BCUT2D eigenvalue weighted by molar-refractivity contribution is 5.97. The number of amides is 1. The van der Waals surface area contributed by atoms with E-state index in [9.17, 15) is 14.0 Å². The summed E-state index contributed by atoms with van der Waals surface area (Å²) in [5, 5.41) is 17.8. The Hall–Kier alpha value is -1.95. The molecule has 0 aliphatic carbocycles. The maximum atomic E-state index is 13.9. The van der Waals surface area contributed by atoms with Crippen molar-refractivity contribution in [1.82, 2.24) is 0 Å². The molecular formula is C12H12FNO4. The minimum Gasteiger partial charge on any atom is -0.478 e.